The molecule has 1 saturated carbocycles. The van der Waals surface area contributed by atoms with Crippen LogP contribution in [0.4, 0.5) is 9.18 Å². The van der Waals surface area contributed by atoms with E-state index in [1.807, 2.05) is 13.8 Å². The van der Waals surface area contributed by atoms with E-state index in [4.69, 9.17) is 0 Å². The predicted octanol–water partition coefficient (Wildman–Crippen LogP) is 2.71. The second kappa shape index (κ2) is 6.89. The van der Waals surface area contributed by atoms with Crippen molar-refractivity contribution in [3.63, 3.8) is 0 Å². The molecule has 1 aromatic carbocycles. The molecule has 1 aliphatic heterocycles. The molecule has 1 aliphatic carbocycles. The van der Waals surface area contributed by atoms with Crippen LogP contribution in [-0.4, -0.2) is 40.5 Å². The van der Waals surface area contributed by atoms with E-state index in [1.165, 1.54) is 17.0 Å². The number of hydrogen-bond donors (Lipinski definition) is 1. The largest absolute Gasteiger partial charge is 0.326 e. The molecule has 1 atom stereocenters. The van der Waals surface area contributed by atoms with Crippen LogP contribution in [0.2, 0.25) is 0 Å². The number of imide groups is 1. The normalized spacial score (nSPS) is 21.0. The van der Waals surface area contributed by atoms with Crippen LogP contribution in [0, 0.1) is 11.7 Å². The molecule has 24 heavy (non-hydrogen) atoms. The van der Waals surface area contributed by atoms with Crippen molar-refractivity contribution in [2.75, 3.05) is 6.67 Å². The molecule has 3 rings (SSSR count). The summed E-state index contributed by atoms with van der Waals surface area (Å²) < 4.78 is 13.1. The highest BCUT2D eigenvalue weighted by atomic mass is 19.1. The monoisotopic (exact) mass is 333 g/mol. The second-order valence-electron chi connectivity index (χ2n) is 7.14. The smallest absolute Gasteiger partial charge is 0.325 e. The number of amides is 3. The molecular formula is C18H24FN3O2. The van der Waals surface area contributed by atoms with Crippen LogP contribution < -0.4 is 5.32 Å². The van der Waals surface area contributed by atoms with Gasteiger partial charge in [-0.3, -0.25) is 9.69 Å². The molecule has 6 heteroatoms. The summed E-state index contributed by atoms with van der Waals surface area (Å²) in [6.07, 6.45) is 2.79. The Hall–Kier alpha value is -1.95. The van der Waals surface area contributed by atoms with Gasteiger partial charge in [0.1, 0.15) is 11.9 Å². The lowest BCUT2D eigenvalue weighted by Crippen LogP contribution is -2.42. The zero-order valence-electron chi connectivity index (χ0n) is 14.2. The van der Waals surface area contributed by atoms with Crippen molar-refractivity contribution in [3.8, 4) is 0 Å². The van der Waals surface area contributed by atoms with Crippen molar-refractivity contribution in [1.29, 1.82) is 0 Å². The van der Waals surface area contributed by atoms with E-state index in [-0.39, 0.29) is 17.8 Å². The average Bonchev–Trinajstić information content (AvgIpc) is 3.32. The van der Waals surface area contributed by atoms with Crippen LogP contribution >= 0.6 is 0 Å². The number of urea groups is 1. The summed E-state index contributed by atoms with van der Waals surface area (Å²) in [5.74, 6) is -0.0567. The summed E-state index contributed by atoms with van der Waals surface area (Å²) in [4.78, 5) is 28.1. The van der Waals surface area contributed by atoms with Crippen LogP contribution in [0.5, 0.6) is 0 Å². The maximum Gasteiger partial charge on any atom is 0.325 e. The number of carbonyl (C=O) groups is 2. The van der Waals surface area contributed by atoms with Gasteiger partial charge in [0, 0.05) is 12.6 Å². The standard InChI is InChI=1S/C18H24FN3O2/c1-12(2)9-16-17(23)22(18(24)20-16)11-21(15-7-8-15)10-13-3-5-14(19)6-4-13/h3-6,12,15-16H,7-11H2,1-2H3,(H,20,24)/t16-/m0/s1. The van der Waals surface area contributed by atoms with Crippen molar-refractivity contribution in [1.82, 2.24) is 15.1 Å². The van der Waals surface area contributed by atoms with Crippen molar-refractivity contribution in [3.05, 3.63) is 35.6 Å². The summed E-state index contributed by atoms with van der Waals surface area (Å²) in [5.41, 5.74) is 0.981. The number of benzene rings is 1. The Labute approximate surface area is 141 Å². The quantitative estimate of drug-likeness (QED) is 0.781. The van der Waals surface area contributed by atoms with Crippen LogP contribution in [0.15, 0.2) is 24.3 Å². The first-order chi connectivity index (χ1) is 11.4. The van der Waals surface area contributed by atoms with Gasteiger partial charge in [-0.2, -0.15) is 0 Å². The summed E-state index contributed by atoms with van der Waals surface area (Å²) in [6, 6.07) is 6.04. The fourth-order valence-electron chi connectivity index (χ4n) is 3.08. The first-order valence-electron chi connectivity index (χ1n) is 8.54. The Morgan fingerprint density at radius 2 is 1.92 bits per heavy atom. The fourth-order valence-corrected chi connectivity index (χ4v) is 3.08. The van der Waals surface area contributed by atoms with E-state index >= 15 is 0 Å². The van der Waals surface area contributed by atoms with E-state index in [2.05, 4.69) is 10.2 Å². The third-order valence-electron chi connectivity index (χ3n) is 4.50. The first-order valence-corrected chi connectivity index (χ1v) is 8.54. The molecule has 1 N–H and O–H groups in total. The van der Waals surface area contributed by atoms with Crippen LogP contribution in [-0.2, 0) is 11.3 Å². The molecule has 0 aromatic heterocycles. The van der Waals surface area contributed by atoms with Gasteiger partial charge in [-0.05, 0) is 42.9 Å². The van der Waals surface area contributed by atoms with E-state index in [0.29, 0.717) is 31.6 Å². The number of halogens is 1. The third kappa shape index (κ3) is 3.93. The highest BCUT2D eigenvalue weighted by Gasteiger charge is 2.40. The Morgan fingerprint density at radius 1 is 1.25 bits per heavy atom. The van der Waals surface area contributed by atoms with Gasteiger partial charge in [0.05, 0.1) is 6.67 Å². The van der Waals surface area contributed by atoms with E-state index in [1.54, 1.807) is 12.1 Å². The van der Waals surface area contributed by atoms with Gasteiger partial charge in [0.2, 0.25) is 0 Å². The molecule has 5 nitrogen and oxygen atoms in total. The molecule has 0 radical (unpaired) electrons. The highest BCUT2D eigenvalue weighted by molar-refractivity contribution is 6.04. The highest BCUT2D eigenvalue weighted by Crippen LogP contribution is 2.29. The summed E-state index contributed by atoms with van der Waals surface area (Å²) >= 11 is 0. The molecule has 1 heterocycles. The SMILES string of the molecule is CC(C)C[C@@H]1NC(=O)N(CN(Cc2ccc(F)cc2)C2CC2)C1=O. The lowest BCUT2D eigenvalue weighted by molar-refractivity contribution is -0.129. The number of nitrogens with one attached hydrogen (secondary N) is 1. The lowest BCUT2D eigenvalue weighted by atomic mass is 10.0. The molecular weight excluding hydrogens is 309 g/mol. The summed E-state index contributed by atoms with van der Waals surface area (Å²) in [7, 11) is 0. The van der Waals surface area contributed by atoms with E-state index in [9.17, 15) is 14.0 Å². The minimum Gasteiger partial charge on any atom is -0.326 e. The summed E-state index contributed by atoms with van der Waals surface area (Å²) in [5, 5.41) is 2.78. The van der Waals surface area contributed by atoms with Crippen molar-refractivity contribution >= 4 is 11.9 Å². The lowest BCUT2D eigenvalue weighted by Gasteiger charge is -2.26. The maximum atomic E-state index is 13.1. The van der Waals surface area contributed by atoms with E-state index in [0.717, 1.165) is 18.4 Å². The predicted molar refractivity (Wildman–Crippen MR) is 88.5 cm³/mol. The van der Waals surface area contributed by atoms with E-state index < -0.39 is 6.04 Å². The molecule has 3 amide bonds. The number of hydrogen-bond acceptors (Lipinski definition) is 3. The number of carbonyl (C=O) groups excluding carboxylic acids is 2. The maximum absolute atomic E-state index is 13.1. The summed E-state index contributed by atoms with van der Waals surface area (Å²) in [6.45, 7) is 4.97. The molecule has 0 bridgehead atoms. The van der Waals surface area contributed by atoms with Crippen molar-refractivity contribution in [2.45, 2.75) is 51.7 Å². The molecule has 1 aromatic rings. The van der Waals surface area contributed by atoms with Crippen LogP contribution in [0.1, 0.15) is 38.7 Å². The molecule has 2 fully saturated rings. The fraction of sp³-hybridized carbons (Fsp3) is 0.556. The molecule has 2 aliphatic rings. The van der Waals surface area contributed by atoms with Gasteiger partial charge in [-0.25, -0.2) is 14.1 Å². The Morgan fingerprint density at radius 3 is 2.50 bits per heavy atom. The van der Waals surface area contributed by atoms with Gasteiger partial charge in [0.25, 0.3) is 5.91 Å². The Bertz CT molecular complexity index is 613. The third-order valence-corrected chi connectivity index (χ3v) is 4.50. The topological polar surface area (TPSA) is 52.7 Å². The van der Waals surface area contributed by atoms with Gasteiger partial charge < -0.3 is 5.32 Å². The van der Waals surface area contributed by atoms with Crippen LogP contribution in [0.3, 0.4) is 0 Å². The average molecular weight is 333 g/mol. The second-order valence-corrected chi connectivity index (χ2v) is 7.14. The van der Waals surface area contributed by atoms with Crippen molar-refractivity contribution in [2.24, 2.45) is 5.92 Å². The zero-order chi connectivity index (χ0) is 17.3. The number of nitrogens with zero attached hydrogens (tertiary/aromatic N) is 2. The first kappa shape index (κ1) is 16.9. The number of rotatable bonds is 7. The van der Waals surface area contributed by atoms with Crippen molar-refractivity contribution < 1.29 is 14.0 Å². The minimum atomic E-state index is -0.413. The molecule has 1 saturated heterocycles. The Kier molecular flexibility index (Phi) is 4.85. The van der Waals surface area contributed by atoms with Gasteiger partial charge in [-0.15, -0.1) is 0 Å². The molecule has 130 valence electrons. The Balaban J connectivity index is 1.66. The van der Waals surface area contributed by atoms with Gasteiger partial charge in [0.15, 0.2) is 0 Å². The minimum absolute atomic E-state index is 0.140. The molecule has 0 unspecified atom stereocenters. The van der Waals surface area contributed by atoms with Gasteiger partial charge in [-0.1, -0.05) is 26.0 Å². The van der Waals surface area contributed by atoms with Crippen LogP contribution in [0.25, 0.3) is 0 Å². The zero-order valence-corrected chi connectivity index (χ0v) is 14.2. The molecule has 0 spiro atoms. The van der Waals surface area contributed by atoms with Gasteiger partial charge >= 0.3 is 6.03 Å².